The van der Waals surface area contributed by atoms with Gasteiger partial charge in [0.05, 0.1) is 7.11 Å². The lowest BCUT2D eigenvalue weighted by atomic mass is 10.1. The first-order valence-electron chi connectivity index (χ1n) is 7.12. The van der Waals surface area contributed by atoms with Crippen LogP contribution < -0.4 is 0 Å². The zero-order valence-corrected chi connectivity index (χ0v) is 17.1. The van der Waals surface area contributed by atoms with E-state index in [-0.39, 0.29) is 0 Å². The molecule has 7 heteroatoms. The summed E-state index contributed by atoms with van der Waals surface area (Å²) < 4.78 is 9.80. The van der Waals surface area contributed by atoms with Crippen LogP contribution in [0.4, 0.5) is 4.79 Å². The number of carbonyl (C=O) groups is 2. The normalized spacial score (nSPS) is 13.4. The molecule has 0 N–H and O–H groups in total. The van der Waals surface area contributed by atoms with Crippen LogP contribution in [0, 0.1) is 0 Å². The van der Waals surface area contributed by atoms with Gasteiger partial charge in [-0.15, -0.1) is 23.5 Å². The van der Waals surface area contributed by atoms with Crippen LogP contribution in [-0.4, -0.2) is 50.3 Å². The number of rotatable bonds is 10. The Balaban J connectivity index is 5.52. The minimum absolute atomic E-state index is 0.420. The van der Waals surface area contributed by atoms with Crippen molar-refractivity contribution in [2.45, 2.75) is 48.7 Å². The fourth-order valence-electron chi connectivity index (χ4n) is 2.30. The molecule has 0 amide bonds. The van der Waals surface area contributed by atoms with E-state index in [1.54, 1.807) is 23.5 Å². The molecule has 0 aromatic heterocycles. The highest BCUT2D eigenvalue weighted by atomic mass is 32.2. The summed E-state index contributed by atoms with van der Waals surface area (Å²) in [5, 5.41) is 0. The summed E-state index contributed by atoms with van der Waals surface area (Å²) in [5.74, 6) is 0. The van der Waals surface area contributed by atoms with E-state index in [4.69, 9.17) is 4.74 Å². The molecule has 0 aliphatic heterocycles. The third-order valence-electron chi connectivity index (χ3n) is 3.21. The molecule has 0 spiro atoms. The SMILES string of the molecule is C=C(C[Si](C)(C)C)C(OC(=O)OC)C(CCC=O)(SC)SC. The van der Waals surface area contributed by atoms with Gasteiger partial charge in [-0.05, 0) is 30.5 Å². The minimum Gasteiger partial charge on any atom is -0.438 e. The maximum atomic E-state index is 11.7. The molecular formula is C15H28O4S2Si. The molecule has 0 bridgehead atoms. The number of methoxy groups -OCH3 is 1. The molecule has 0 radical (unpaired) electrons. The third kappa shape index (κ3) is 6.79. The largest absolute Gasteiger partial charge is 0.508 e. The maximum Gasteiger partial charge on any atom is 0.508 e. The molecule has 128 valence electrons. The summed E-state index contributed by atoms with van der Waals surface area (Å²) in [6.07, 6.45) is 4.69. The van der Waals surface area contributed by atoms with E-state index in [1.165, 1.54) is 7.11 Å². The van der Waals surface area contributed by atoms with Gasteiger partial charge in [0.15, 0.2) is 0 Å². The van der Waals surface area contributed by atoms with E-state index in [1.807, 2.05) is 12.5 Å². The molecule has 0 aromatic rings. The van der Waals surface area contributed by atoms with Gasteiger partial charge >= 0.3 is 6.16 Å². The van der Waals surface area contributed by atoms with Crippen LogP contribution in [0.1, 0.15) is 12.8 Å². The summed E-state index contributed by atoms with van der Waals surface area (Å²) in [6, 6.07) is 0.860. The summed E-state index contributed by atoms with van der Waals surface area (Å²) in [6.45, 7) is 10.9. The highest BCUT2D eigenvalue weighted by Gasteiger charge is 2.42. The van der Waals surface area contributed by atoms with Crippen LogP contribution in [0.15, 0.2) is 12.2 Å². The van der Waals surface area contributed by atoms with Crippen molar-refractivity contribution in [1.29, 1.82) is 0 Å². The zero-order valence-electron chi connectivity index (χ0n) is 14.4. The smallest absolute Gasteiger partial charge is 0.438 e. The van der Waals surface area contributed by atoms with Crippen LogP contribution in [-0.2, 0) is 14.3 Å². The fourth-order valence-corrected chi connectivity index (χ4v) is 6.01. The van der Waals surface area contributed by atoms with E-state index in [0.29, 0.717) is 12.8 Å². The minimum atomic E-state index is -1.40. The van der Waals surface area contributed by atoms with Crippen molar-refractivity contribution in [1.82, 2.24) is 0 Å². The third-order valence-corrected chi connectivity index (χ3v) is 7.94. The fraction of sp³-hybridized carbons (Fsp3) is 0.733. The van der Waals surface area contributed by atoms with Crippen molar-refractivity contribution >= 4 is 44.0 Å². The summed E-state index contributed by atoms with van der Waals surface area (Å²) in [4.78, 5) is 22.5. The molecule has 0 aliphatic carbocycles. The molecule has 0 rings (SSSR count). The van der Waals surface area contributed by atoms with E-state index in [0.717, 1.165) is 17.9 Å². The highest BCUT2D eigenvalue weighted by molar-refractivity contribution is 8.17. The molecule has 0 aliphatic rings. The van der Waals surface area contributed by atoms with Gasteiger partial charge in [-0.1, -0.05) is 26.2 Å². The van der Waals surface area contributed by atoms with E-state index in [2.05, 4.69) is 31.0 Å². The Kier molecular flexibility index (Phi) is 9.50. The topological polar surface area (TPSA) is 52.6 Å². The van der Waals surface area contributed by atoms with Gasteiger partial charge in [0, 0.05) is 14.5 Å². The molecule has 0 saturated carbocycles. The van der Waals surface area contributed by atoms with Crippen molar-refractivity contribution in [2.75, 3.05) is 19.6 Å². The van der Waals surface area contributed by atoms with Gasteiger partial charge in [-0.2, -0.15) is 0 Å². The zero-order chi connectivity index (χ0) is 17.4. The van der Waals surface area contributed by atoms with E-state index in [9.17, 15) is 9.59 Å². The standard InChI is InChI=1S/C15H28O4S2Si/c1-12(11-22(5,6)7)13(19-14(17)18-2)15(20-3,21-4)9-8-10-16/h10,13H,1,8-9,11H2,2-7H3. The Morgan fingerprint density at radius 2 is 1.86 bits per heavy atom. The lowest BCUT2D eigenvalue weighted by Crippen LogP contribution is -2.42. The lowest BCUT2D eigenvalue weighted by Gasteiger charge is -2.39. The lowest BCUT2D eigenvalue weighted by molar-refractivity contribution is -0.108. The van der Waals surface area contributed by atoms with Gasteiger partial charge < -0.3 is 14.3 Å². The average molecular weight is 365 g/mol. The molecule has 0 saturated heterocycles. The molecule has 1 atom stereocenters. The number of carbonyl (C=O) groups excluding carboxylic acids is 2. The van der Waals surface area contributed by atoms with Crippen LogP contribution in [0.25, 0.3) is 0 Å². The number of hydrogen-bond acceptors (Lipinski definition) is 6. The van der Waals surface area contributed by atoms with Gasteiger partial charge in [0.1, 0.15) is 16.5 Å². The Morgan fingerprint density at radius 3 is 2.23 bits per heavy atom. The van der Waals surface area contributed by atoms with Crippen LogP contribution in [0.2, 0.25) is 25.7 Å². The molecular weight excluding hydrogens is 336 g/mol. The maximum absolute atomic E-state index is 11.7. The first-order valence-corrected chi connectivity index (χ1v) is 13.3. The van der Waals surface area contributed by atoms with Gasteiger partial charge in [-0.3, -0.25) is 0 Å². The molecule has 22 heavy (non-hydrogen) atoms. The van der Waals surface area contributed by atoms with Gasteiger partial charge in [0.2, 0.25) is 0 Å². The second-order valence-corrected chi connectivity index (χ2v) is 14.3. The second-order valence-electron chi connectivity index (χ2n) is 6.27. The molecule has 0 aromatic carbocycles. The molecule has 1 unspecified atom stereocenters. The molecule has 0 fully saturated rings. The highest BCUT2D eigenvalue weighted by Crippen LogP contribution is 2.46. The van der Waals surface area contributed by atoms with Crippen molar-refractivity contribution in [2.24, 2.45) is 0 Å². The van der Waals surface area contributed by atoms with Crippen LogP contribution >= 0.6 is 23.5 Å². The second kappa shape index (κ2) is 9.67. The Morgan fingerprint density at radius 1 is 1.32 bits per heavy atom. The summed E-state index contributed by atoms with van der Waals surface area (Å²) >= 11 is 3.20. The Labute approximate surface area is 143 Å². The van der Waals surface area contributed by atoms with Crippen molar-refractivity contribution in [3.05, 3.63) is 12.2 Å². The molecule has 4 nitrogen and oxygen atoms in total. The summed E-state index contributed by atoms with van der Waals surface area (Å²) in [7, 11) is -0.102. The van der Waals surface area contributed by atoms with Crippen molar-refractivity contribution in [3.8, 4) is 0 Å². The van der Waals surface area contributed by atoms with E-state index < -0.39 is 24.4 Å². The van der Waals surface area contributed by atoms with Crippen LogP contribution in [0.3, 0.4) is 0 Å². The van der Waals surface area contributed by atoms with Gasteiger partial charge in [-0.25, -0.2) is 4.79 Å². The average Bonchev–Trinajstić information content (AvgIpc) is 2.45. The number of aldehydes is 1. The first kappa shape index (κ1) is 21.6. The van der Waals surface area contributed by atoms with E-state index >= 15 is 0 Å². The Bertz CT molecular complexity index is 389. The molecule has 0 heterocycles. The van der Waals surface area contributed by atoms with Crippen molar-refractivity contribution < 1.29 is 19.1 Å². The van der Waals surface area contributed by atoms with Gasteiger partial charge in [0.25, 0.3) is 0 Å². The Hall–Kier alpha value is -0.403. The van der Waals surface area contributed by atoms with Crippen LogP contribution in [0.5, 0.6) is 0 Å². The first-order chi connectivity index (χ1) is 10.2. The number of ether oxygens (including phenoxy) is 2. The number of hydrogen-bond donors (Lipinski definition) is 0. The van der Waals surface area contributed by atoms with Crippen molar-refractivity contribution in [3.63, 3.8) is 0 Å². The monoisotopic (exact) mass is 364 g/mol. The summed E-state index contributed by atoms with van der Waals surface area (Å²) in [5.41, 5.74) is 0.902. The predicted molar refractivity (Wildman–Crippen MR) is 99.6 cm³/mol. The quantitative estimate of drug-likeness (QED) is 0.188. The predicted octanol–water partition coefficient (Wildman–Crippen LogP) is 4.43. The number of thioether (sulfide) groups is 2.